The number of hydrogen-bond acceptors (Lipinski definition) is 2. The number of piperidine rings is 1. The van der Waals surface area contributed by atoms with Gasteiger partial charge in [-0.3, -0.25) is 10.2 Å². The molecule has 0 aromatic heterocycles. The molecule has 1 heterocycles. The molecule has 0 aromatic rings. The van der Waals surface area contributed by atoms with Crippen LogP contribution < -0.4 is 5.73 Å². The largest absolute Gasteiger partial charge is 0.370 e. The Labute approximate surface area is 76.2 Å². The summed E-state index contributed by atoms with van der Waals surface area (Å²) in [6, 6.07) is 0. The van der Waals surface area contributed by atoms with Gasteiger partial charge in [0, 0.05) is 13.1 Å². The second-order valence-corrected chi connectivity index (χ2v) is 3.35. The fourth-order valence-electron chi connectivity index (χ4n) is 1.38. The molecule has 3 N–H and O–H groups in total. The van der Waals surface area contributed by atoms with Crippen molar-refractivity contribution in [2.24, 2.45) is 11.7 Å². The highest BCUT2D eigenvalue weighted by Crippen LogP contribution is 2.17. The minimum absolute atomic E-state index is 0.0256. The van der Waals surface area contributed by atoms with Crippen LogP contribution in [0.1, 0.15) is 12.8 Å². The van der Waals surface area contributed by atoms with Gasteiger partial charge in [-0.15, -0.1) is 0 Å². The lowest BCUT2D eigenvalue weighted by Crippen LogP contribution is -2.44. The predicted molar refractivity (Wildman–Crippen MR) is 47.1 cm³/mol. The predicted octanol–water partition coefficient (Wildman–Crippen LogP) is 0.357. The van der Waals surface area contributed by atoms with Crippen molar-refractivity contribution in [3.05, 3.63) is 0 Å². The number of halogens is 1. The van der Waals surface area contributed by atoms with Crippen molar-refractivity contribution < 1.29 is 4.79 Å². The lowest BCUT2D eigenvalue weighted by molar-refractivity contribution is -0.116. The molecule has 1 aliphatic heterocycles. The second-order valence-electron chi connectivity index (χ2n) is 2.97. The van der Waals surface area contributed by atoms with E-state index in [2.05, 4.69) is 0 Å². The van der Waals surface area contributed by atoms with Crippen LogP contribution in [0.15, 0.2) is 0 Å². The fourth-order valence-corrected chi connectivity index (χ4v) is 1.56. The summed E-state index contributed by atoms with van der Waals surface area (Å²) in [6.07, 6.45) is 1.69. The Kier molecular flexibility index (Phi) is 2.92. The molecule has 4 nitrogen and oxygen atoms in total. The van der Waals surface area contributed by atoms with E-state index in [0.29, 0.717) is 6.54 Å². The zero-order chi connectivity index (χ0) is 9.14. The second kappa shape index (κ2) is 3.76. The number of nitrogens with zero attached hydrogens (tertiary/aromatic N) is 1. The van der Waals surface area contributed by atoms with Crippen LogP contribution in [0.25, 0.3) is 0 Å². The topological polar surface area (TPSA) is 70.2 Å². The summed E-state index contributed by atoms with van der Waals surface area (Å²) >= 11 is 5.35. The molecular weight excluding hydrogens is 178 g/mol. The van der Waals surface area contributed by atoms with Crippen LogP contribution >= 0.6 is 11.6 Å². The van der Waals surface area contributed by atoms with Gasteiger partial charge in [-0.05, 0) is 24.4 Å². The average Bonchev–Trinajstić information content (AvgIpc) is 2.04. The van der Waals surface area contributed by atoms with Crippen LogP contribution in [0.2, 0.25) is 0 Å². The molecule has 0 bridgehead atoms. The van der Waals surface area contributed by atoms with Crippen LogP contribution in [-0.2, 0) is 4.79 Å². The van der Waals surface area contributed by atoms with E-state index in [9.17, 15) is 4.79 Å². The summed E-state index contributed by atoms with van der Waals surface area (Å²) in [5.41, 5.74) is 5.28. The molecule has 0 amide bonds. The molecule has 1 aliphatic rings. The van der Waals surface area contributed by atoms with Crippen LogP contribution in [0, 0.1) is 11.3 Å². The van der Waals surface area contributed by atoms with E-state index in [0.717, 1.165) is 19.4 Å². The molecule has 1 atom stereocenters. The van der Waals surface area contributed by atoms with Crippen LogP contribution in [0.3, 0.4) is 0 Å². The van der Waals surface area contributed by atoms with E-state index >= 15 is 0 Å². The van der Waals surface area contributed by atoms with E-state index in [1.165, 1.54) is 0 Å². The van der Waals surface area contributed by atoms with Gasteiger partial charge in [0.1, 0.15) is 0 Å². The van der Waals surface area contributed by atoms with Gasteiger partial charge >= 0.3 is 0 Å². The third-order valence-corrected chi connectivity index (χ3v) is 2.39. The first-order valence-corrected chi connectivity index (χ1v) is 4.27. The van der Waals surface area contributed by atoms with Crippen LogP contribution in [0.5, 0.6) is 0 Å². The molecule has 5 heteroatoms. The van der Waals surface area contributed by atoms with Gasteiger partial charge in [-0.2, -0.15) is 0 Å². The minimum atomic E-state index is -0.319. The molecule has 1 saturated heterocycles. The molecule has 0 radical (unpaired) electrons. The number of hydrogen-bond donors (Lipinski definition) is 2. The Morgan fingerprint density at radius 2 is 2.33 bits per heavy atom. The Balaban J connectivity index is 2.51. The van der Waals surface area contributed by atoms with Crippen molar-refractivity contribution in [2.45, 2.75) is 12.8 Å². The van der Waals surface area contributed by atoms with Crippen molar-refractivity contribution >= 4 is 22.8 Å². The number of likely N-dealkylation sites (tertiary alicyclic amines) is 1. The Hall–Kier alpha value is -0.770. The van der Waals surface area contributed by atoms with Gasteiger partial charge in [-0.1, -0.05) is 0 Å². The molecular formula is C7H12ClN3O. The normalized spacial score (nSPS) is 23.8. The Morgan fingerprint density at radius 3 is 2.83 bits per heavy atom. The molecule has 68 valence electrons. The zero-order valence-electron chi connectivity index (χ0n) is 6.72. The fraction of sp³-hybridized carbons (Fsp3) is 0.714. The van der Waals surface area contributed by atoms with Crippen molar-refractivity contribution in [3.8, 4) is 0 Å². The van der Waals surface area contributed by atoms with E-state index in [1.54, 1.807) is 4.90 Å². The number of guanidine groups is 1. The highest BCUT2D eigenvalue weighted by atomic mass is 35.5. The molecule has 12 heavy (non-hydrogen) atoms. The Morgan fingerprint density at radius 1 is 1.67 bits per heavy atom. The summed E-state index contributed by atoms with van der Waals surface area (Å²) in [5.74, 6) is -0.123. The first kappa shape index (κ1) is 9.32. The summed E-state index contributed by atoms with van der Waals surface area (Å²) in [6.45, 7) is 1.26. The molecule has 1 fully saturated rings. The smallest absolute Gasteiger partial charge is 0.226 e. The molecule has 0 aliphatic carbocycles. The molecule has 0 saturated carbocycles. The standard InChI is InChI=1S/C7H12ClN3O/c8-6(12)5-2-1-3-11(4-5)7(9)10/h5H,1-4H2,(H3,9,10)/t5-/m1/s1. The van der Waals surface area contributed by atoms with Crippen molar-refractivity contribution in [2.75, 3.05) is 13.1 Å². The van der Waals surface area contributed by atoms with Gasteiger partial charge < -0.3 is 10.6 Å². The van der Waals surface area contributed by atoms with Gasteiger partial charge in [-0.25, -0.2) is 0 Å². The molecule has 0 aromatic carbocycles. The zero-order valence-corrected chi connectivity index (χ0v) is 7.47. The molecule has 0 spiro atoms. The maximum Gasteiger partial charge on any atom is 0.226 e. The SMILES string of the molecule is N=C(N)N1CCC[C@@H](C(=O)Cl)C1. The van der Waals surface area contributed by atoms with Crippen LogP contribution in [-0.4, -0.2) is 29.2 Å². The first-order valence-electron chi connectivity index (χ1n) is 3.89. The van der Waals surface area contributed by atoms with Gasteiger partial charge in [0.05, 0.1) is 5.92 Å². The minimum Gasteiger partial charge on any atom is -0.370 e. The van der Waals surface area contributed by atoms with Gasteiger partial charge in [0.2, 0.25) is 5.24 Å². The maximum absolute atomic E-state index is 10.8. The highest BCUT2D eigenvalue weighted by molar-refractivity contribution is 6.64. The van der Waals surface area contributed by atoms with Crippen molar-refractivity contribution in [1.29, 1.82) is 5.41 Å². The quantitative estimate of drug-likeness (QED) is 0.356. The molecule has 1 rings (SSSR count). The van der Waals surface area contributed by atoms with Gasteiger partial charge in [0.25, 0.3) is 0 Å². The summed E-state index contributed by atoms with van der Waals surface area (Å²) < 4.78 is 0. The summed E-state index contributed by atoms with van der Waals surface area (Å²) in [4.78, 5) is 12.5. The van der Waals surface area contributed by atoms with E-state index in [1.807, 2.05) is 0 Å². The third-order valence-electron chi connectivity index (χ3n) is 2.08. The van der Waals surface area contributed by atoms with E-state index in [4.69, 9.17) is 22.7 Å². The third kappa shape index (κ3) is 2.11. The number of nitrogens with one attached hydrogen (secondary N) is 1. The molecule has 0 unspecified atom stereocenters. The number of rotatable bonds is 1. The Bertz CT molecular complexity index is 187. The highest BCUT2D eigenvalue weighted by Gasteiger charge is 2.24. The first-order chi connectivity index (χ1) is 5.61. The monoisotopic (exact) mass is 189 g/mol. The van der Waals surface area contributed by atoms with E-state index in [-0.39, 0.29) is 17.1 Å². The number of nitrogens with two attached hydrogens (primary N) is 1. The average molecular weight is 190 g/mol. The van der Waals surface area contributed by atoms with Crippen LogP contribution in [0.4, 0.5) is 0 Å². The summed E-state index contributed by atoms with van der Waals surface area (Å²) in [5, 5.41) is 6.85. The number of carbonyl (C=O) groups excluding carboxylic acids is 1. The van der Waals surface area contributed by atoms with Gasteiger partial charge in [0.15, 0.2) is 5.96 Å². The lowest BCUT2D eigenvalue weighted by Gasteiger charge is -2.30. The van der Waals surface area contributed by atoms with E-state index < -0.39 is 0 Å². The van der Waals surface area contributed by atoms with Crippen molar-refractivity contribution in [1.82, 2.24) is 4.90 Å². The lowest BCUT2D eigenvalue weighted by atomic mass is 10.00. The maximum atomic E-state index is 10.8. The van der Waals surface area contributed by atoms with Crippen molar-refractivity contribution in [3.63, 3.8) is 0 Å². The summed E-state index contributed by atoms with van der Waals surface area (Å²) in [7, 11) is 0. The number of carbonyl (C=O) groups is 1.